The molecule has 1 unspecified atom stereocenters. The number of hydrogen-bond donors (Lipinski definition) is 2. The average molecular weight is 289 g/mol. The Morgan fingerprint density at radius 1 is 1.30 bits per heavy atom. The first-order valence-electron chi connectivity index (χ1n) is 6.29. The molecule has 20 heavy (non-hydrogen) atoms. The maximum Gasteiger partial charge on any atom is 0.143 e. The van der Waals surface area contributed by atoms with E-state index in [-0.39, 0.29) is 11.9 Å². The van der Waals surface area contributed by atoms with Crippen molar-refractivity contribution in [3.8, 4) is 0 Å². The van der Waals surface area contributed by atoms with E-state index in [0.29, 0.717) is 5.69 Å². The zero-order valence-electron chi connectivity index (χ0n) is 11.5. The molecule has 0 aliphatic carbocycles. The fourth-order valence-corrected chi connectivity index (χ4v) is 2.41. The maximum absolute atomic E-state index is 7.62. The molecule has 0 bridgehead atoms. The van der Waals surface area contributed by atoms with E-state index in [1.807, 2.05) is 48.3 Å². The second-order valence-electron chi connectivity index (χ2n) is 4.59. The minimum atomic E-state index is -0.0428. The fraction of sp³-hybridized carbons (Fsp3) is 0.200. The number of rotatable bonds is 4. The molecule has 1 aromatic heterocycles. The molecule has 2 aromatic rings. The molecule has 3 N–H and O–H groups in total. The van der Waals surface area contributed by atoms with Gasteiger partial charge in [0.25, 0.3) is 0 Å². The third kappa shape index (κ3) is 2.75. The predicted molar refractivity (Wildman–Crippen MR) is 83.5 cm³/mol. The van der Waals surface area contributed by atoms with Crippen LogP contribution < -0.4 is 10.6 Å². The highest BCUT2D eigenvalue weighted by atomic mass is 35.5. The van der Waals surface area contributed by atoms with E-state index in [9.17, 15) is 0 Å². The Labute approximate surface area is 123 Å². The lowest BCUT2D eigenvalue weighted by Gasteiger charge is -2.29. The first-order valence-corrected chi connectivity index (χ1v) is 6.67. The normalized spacial score (nSPS) is 11.9. The second kappa shape index (κ2) is 5.92. The van der Waals surface area contributed by atoms with Crippen LogP contribution in [0.15, 0.2) is 42.6 Å². The standard InChI is InChI=1S/C15H17ClN4/c1-10(11-6-3-4-7-12(11)16)20(2)13-8-5-9-19-14(13)15(17)18/h3-10H,1-2H3,(H3,17,18). The molecular formula is C15H17ClN4. The van der Waals surface area contributed by atoms with Crippen molar-refractivity contribution in [1.82, 2.24) is 4.98 Å². The topological polar surface area (TPSA) is 66.0 Å². The van der Waals surface area contributed by atoms with Crippen molar-refractivity contribution in [2.24, 2.45) is 5.73 Å². The van der Waals surface area contributed by atoms with Gasteiger partial charge in [-0.15, -0.1) is 0 Å². The van der Waals surface area contributed by atoms with Crippen molar-refractivity contribution >= 4 is 23.1 Å². The van der Waals surface area contributed by atoms with Crippen LogP contribution in [0.3, 0.4) is 0 Å². The summed E-state index contributed by atoms with van der Waals surface area (Å²) in [5.74, 6) is -0.0428. The number of benzene rings is 1. The zero-order valence-corrected chi connectivity index (χ0v) is 12.2. The molecule has 4 nitrogen and oxygen atoms in total. The summed E-state index contributed by atoms with van der Waals surface area (Å²) < 4.78 is 0. The Bertz CT molecular complexity index is 627. The summed E-state index contributed by atoms with van der Waals surface area (Å²) in [5, 5.41) is 8.34. The lowest BCUT2D eigenvalue weighted by molar-refractivity contribution is 0.737. The van der Waals surface area contributed by atoms with Gasteiger partial charge in [-0.05, 0) is 30.7 Å². The van der Waals surface area contributed by atoms with E-state index in [1.165, 1.54) is 0 Å². The van der Waals surface area contributed by atoms with Gasteiger partial charge < -0.3 is 10.6 Å². The lowest BCUT2D eigenvalue weighted by atomic mass is 10.1. The summed E-state index contributed by atoms with van der Waals surface area (Å²) in [4.78, 5) is 6.19. The van der Waals surface area contributed by atoms with Crippen molar-refractivity contribution in [3.63, 3.8) is 0 Å². The van der Waals surface area contributed by atoms with Gasteiger partial charge in [-0.2, -0.15) is 0 Å². The van der Waals surface area contributed by atoms with Crippen LogP contribution in [0.25, 0.3) is 0 Å². The van der Waals surface area contributed by atoms with Gasteiger partial charge in [0.05, 0.1) is 11.7 Å². The summed E-state index contributed by atoms with van der Waals surface area (Å²) >= 11 is 6.24. The minimum absolute atomic E-state index is 0.0428. The number of halogens is 1. The highest BCUT2D eigenvalue weighted by Crippen LogP contribution is 2.30. The largest absolute Gasteiger partial charge is 0.382 e. The summed E-state index contributed by atoms with van der Waals surface area (Å²) in [5.41, 5.74) is 7.91. The fourth-order valence-electron chi connectivity index (χ4n) is 2.12. The highest BCUT2D eigenvalue weighted by molar-refractivity contribution is 6.31. The number of amidine groups is 1. The second-order valence-corrected chi connectivity index (χ2v) is 5.00. The average Bonchev–Trinajstić information content (AvgIpc) is 2.46. The van der Waals surface area contributed by atoms with Crippen LogP contribution in [-0.4, -0.2) is 17.9 Å². The Morgan fingerprint density at radius 3 is 2.65 bits per heavy atom. The first kappa shape index (κ1) is 14.3. The maximum atomic E-state index is 7.62. The number of nitrogens with zero attached hydrogens (tertiary/aromatic N) is 2. The third-order valence-corrected chi connectivity index (χ3v) is 3.70. The Kier molecular flexibility index (Phi) is 4.25. The van der Waals surface area contributed by atoms with Crippen LogP contribution in [0.1, 0.15) is 24.2 Å². The van der Waals surface area contributed by atoms with E-state index in [4.69, 9.17) is 22.7 Å². The number of anilines is 1. The minimum Gasteiger partial charge on any atom is -0.382 e. The van der Waals surface area contributed by atoms with E-state index >= 15 is 0 Å². The summed E-state index contributed by atoms with van der Waals surface area (Å²) in [6.45, 7) is 2.05. The van der Waals surface area contributed by atoms with Crippen LogP contribution >= 0.6 is 11.6 Å². The van der Waals surface area contributed by atoms with E-state index < -0.39 is 0 Å². The molecule has 1 heterocycles. The Morgan fingerprint density at radius 2 is 2.00 bits per heavy atom. The van der Waals surface area contributed by atoms with E-state index in [1.54, 1.807) is 6.20 Å². The van der Waals surface area contributed by atoms with Gasteiger partial charge in [0.1, 0.15) is 11.5 Å². The molecule has 0 fully saturated rings. The van der Waals surface area contributed by atoms with Crippen LogP contribution in [0.5, 0.6) is 0 Å². The van der Waals surface area contributed by atoms with Crippen LogP contribution in [0.4, 0.5) is 5.69 Å². The molecule has 0 spiro atoms. The van der Waals surface area contributed by atoms with Crippen molar-refractivity contribution in [2.45, 2.75) is 13.0 Å². The van der Waals surface area contributed by atoms with Gasteiger partial charge in [0, 0.05) is 18.3 Å². The number of nitrogen functional groups attached to an aromatic ring is 1. The van der Waals surface area contributed by atoms with Crippen molar-refractivity contribution in [2.75, 3.05) is 11.9 Å². The predicted octanol–water partition coefficient (Wildman–Crippen LogP) is 3.22. The summed E-state index contributed by atoms with van der Waals surface area (Å²) in [7, 11) is 1.94. The summed E-state index contributed by atoms with van der Waals surface area (Å²) in [6, 6.07) is 11.5. The van der Waals surface area contributed by atoms with Crippen LogP contribution in [0, 0.1) is 5.41 Å². The molecule has 0 saturated carbocycles. The van der Waals surface area contributed by atoms with E-state index in [2.05, 4.69) is 11.9 Å². The Hall–Kier alpha value is -2.07. The molecule has 2 rings (SSSR count). The lowest BCUT2D eigenvalue weighted by Crippen LogP contribution is -2.26. The van der Waals surface area contributed by atoms with Crippen molar-refractivity contribution < 1.29 is 0 Å². The number of nitrogens with one attached hydrogen (secondary N) is 1. The van der Waals surface area contributed by atoms with Crippen molar-refractivity contribution in [3.05, 3.63) is 58.9 Å². The Balaban J connectivity index is 2.39. The molecule has 104 valence electrons. The molecular weight excluding hydrogens is 272 g/mol. The van der Waals surface area contributed by atoms with Gasteiger partial charge in [0.2, 0.25) is 0 Å². The van der Waals surface area contributed by atoms with Gasteiger partial charge in [-0.1, -0.05) is 29.8 Å². The van der Waals surface area contributed by atoms with Gasteiger partial charge in [0.15, 0.2) is 0 Å². The molecule has 5 heteroatoms. The molecule has 0 aliphatic rings. The molecule has 0 radical (unpaired) electrons. The van der Waals surface area contributed by atoms with Gasteiger partial charge in [-0.25, -0.2) is 0 Å². The monoisotopic (exact) mass is 288 g/mol. The van der Waals surface area contributed by atoms with Crippen molar-refractivity contribution in [1.29, 1.82) is 5.41 Å². The first-order chi connectivity index (χ1) is 9.52. The SMILES string of the molecule is CC(c1ccccc1Cl)N(C)c1cccnc1C(=N)N. The molecule has 0 saturated heterocycles. The summed E-state index contributed by atoms with van der Waals surface area (Å²) in [6.07, 6.45) is 1.63. The molecule has 0 aliphatic heterocycles. The number of pyridine rings is 1. The highest BCUT2D eigenvalue weighted by Gasteiger charge is 2.18. The molecule has 0 amide bonds. The molecule has 1 atom stereocenters. The smallest absolute Gasteiger partial charge is 0.143 e. The zero-order chi connectivity index (χ0) is 14.7. The van der Waals surface area contributed by atoms with Crippen LogP contribution in [-0.2, 0) is 0 Å². The number of aromatic nitrogens is 1. The quantitative estimate of drug-likeness (QED) is 0.670. The van der Waals surface area contributed by atoms with Gasteiger partial charge >= 0.3 is 0 Å². The number of hydrogen-bond acceptors (Lipinski definition) is 3. The van der Waals surface area contributed by atoms with Crippen LogP contribution in [0.2, 0.25) is 5.02 Å². The molecule has 1 aromatic carbocycles. The number of nitrogens with two attached hydrogens (primary N) is 1. The third-order valence-electron chi connectivity index (χ3n) is 3.36. The van der Waals surface area contributed by atoms with E-state index in [0.717, 1.165) is 16.3 Å². The van der Waals surface area contributed by atoms with Gasteiger partial charge in [-0.3, -0.25) is 10.4 Å².